The Labute approximate surface area is 199 Å². The highest BCUT2D eigenvalue weighted by atomic mass is 16.5. The van der Waals surface area contributed by atoms with Crippen LogP contribution in [0.25, 0.3) is 0 Å². The lowest BCUT2D eigenvalue weighted by atomic mass is 9.72. The van der Waals surface area contributed by atoms with Gasteiger partial charge in [0.25, 0.3) is 0 Å². The van der Waals surface area contributed by atoms with Gasteiger partial charge in [-0.3, -0.25) is 0 Å². The molecule has 3 heteroatoms. The molecule has 0 saturated heterocycles. The van der Waals surface area contributed by atoms with E-state index in [1.807, 2.05) is 0 Å². The van der Waals surface area contributed by atoms with E-state index < -0.39 is 7.12 Å². The second kappa shape index (κ2) is 12.6. The predicted molar refractivity (Wildman–Crippen MR) is 143 cm³/mol. The highest BCUT2D eigenvalue weighted by Crippen LogP contribution is 2.28. The lowest BCUT2D eigenvalue weighted by Crippen LogP contribution is -2.36. The Morgan fingerprint density at radius 1 is 0.781 bits per heavy atom. The van der Waals surface area contributed by atoms with Crippen molar-refractivity contribution >= 4 is 12.6 Å². The van der Waals surface area contributed by atoms with Crippen LogP contribution in [-0.4, -0.2) is 18.7 Å². The first-order valence-electron chi connectivity index (χ1n) is 12.1. The molecule has 0 aromatic heterocycles. The van der Waals surface area contributed by atoms with Crippen LogP contribution in [0.3, 0.4) is 0 Å². The van der Waals surface area contributed by atoms with Crippen LogP contribution in [-0.2, 0) is 15.5 Å². The third-order valence-corrected chi connectivity index (χ3v) is 5.78. The molecule has 0 bridgehead atoms. The smallest absolute Gasteiger partial charge is 0.423 e. The number of rotatable bonds is 10. The van der Waals surface area contributed by atoms with Crippen molar-refractivity contribution < 1.29 is 9.68 Å². The summed E-state index contributed by atoms with van der Waals surface area (Å²) in [6.07, 6.45) is 11.1. The van der Waals surface area contributed by atoms with Crippen molar-refractivity contribution in [2.24, 2.45) is 0 Å². The molecule has 0 heterocycles. The third kappa shape index (κ3) is 10.8. The fourth-order valence-corrected chi connectivity index (χ4v) is 3.38. The monoisotopic (exact) mass is 438 g/mol. The van der Waals surface area contributed by atoms with Crippen molar-refractivity contribution in [1.82, 2.24) is 0 Å². The van der Waals surface area contributed by atoms with E-state index in [9.17, 15) is 5.02 Å². The summed E-state index contributed by atoms with van der Waals surface area (Å²) in [6, 6.07) is 6.42. The molecule has 0 unspecified atom stereocenters. The van der Waals surface area contributed by atoms with Crippen LogP contribution in [0.5, 0.6) is 0 Å². The minimum atomic E-state index is -0.917. The van der Waals surface area contributed by atoms with Gasteiger partial charge in [-0.05, 0) is 80.8 Å². The second-order valence-electron chi connectivity index (χ2n) is 11.5. The molecule has 0 amide bonds. The van der Waals surface area contributed by atoms with Gasteiger partial charge in [-0.15, -0.1) is 0 Å². The predicted octanol–water partition coefficient (Wildman–Crippen LogP) is 7.40. The van der Waals surface area contributed by atoms with Gasteiger partial charge >= 0.3 is 7.12 Å². The Hall–Kier alpha value is -1.58. The average Bonchev–Trinajstić information content (AvgIpc) is 2.65. The summed E-state index contributed by atoms with van der Waals surface area (Å²) in [5, 5.41) is 10.7. The topological polar surface area (TPSA) is 29.5 Å². The summed E-state index contributed by atoms with van der Waals surface area (Å²) < 4.78 is 5.79. The molecule has 0 saturated carbocycles. The Kier molecular flexibility index (Phi) is 11.2. The van der Waals surface area contributed by atoms with Crippen LogP contribution < -0.4 is 5.46 Å². The zero-order chi connectivity index (χ0) is 24.5. The first-order valence-corrected chi connectivity index (χ1v) is 12.1. The molecule has 0 radical (unpaired) electrons. The summed E-state index contributed by atoms with van der Waals surface area (Å²) in [7, 11) is -0.917. The van der Waals surface area contributed by atoms with Gasteiger partial charge in [0.1, 0.15) is 0 Å². The molecule has 0 aliphatic rings. The molecule has 0 aliphatic heterocycles. The molecule has 0 atom stereocenters. The van der Waals surface area contributed by atoms with Crippen molar-refractivity contribution in [2.45, 2.75) is 106 Å². The largest absolute Gasteiger partial charge is 0.491 e. The van der Waals surface area contributed by atoms with Crippen LogP contribution in [0, 0.1) is 0 Å². The lowest BCUT2D eigenvalue weighted by Gasteiger charge is -2.26. The van der Waals surface area contributed by atoms with Crippen molar-refractivity contribution in [3.05, 3.63) is 64.3 Å². The Bertz CT molecular complexity index is 780. The van der Waals surface area contributed by atoms with Crippen LogP contribution in [0.2, 0.25) is 0 Å². The van der Waals surface area contributed by atoms with Crippen LogP contribution in [0.1, 0.15) is 106 Å². The van der Waals surface area contributed by atoms with Crippen LogP contribution in [0.15, 0.2) is 53.1 Å². The normalized spacial score (nSPS) is 13.3. The van der Waals surface area contributed by atoms with Gasteiger partial charge < -0.3 is 9.68 Å². The van der Waals surface area contributed by atoms with Gasteiger partial charge in [0, 0.05) is 0 Å². The summed E-state index contributed by atoms with van der Waals surface area (Å²) in [4.78, 5) is 0. The van der Waals surface area contributed by atoms with Crippen LogP contribution >= 0.6 is 0 Å². The van der Waals surface area contributed by atoms with Gasteiger partial charge in [0.05, 0.1) is 6.61 Å². The fourth-order valence-electron chi connectivity index (χ4n) is 3.38. The minimum absolute atomic E-state index is 0.0174. The maximum Gasteiger partial charge on any atom is 0.491 e. The van der Waals surface area contributed by atoms with E-state index in [0.717, 1.165) is 31.1 Å². The lowest BCUT2D eigenvalue weighted by molar-refractivity contribution is 0.303. The molecular weight excluding hydrogens is 391 g/mol. The van der Waals surface area contributed by atoms with E-state index in [0.29, 0.717) is 6.61 Å². The zero-order valence-electron chi connectivity index (χ0n) is 22.4. The van der Waals surface area contributed by atoms with Crippen molar-refractivity contribution in [1.29, 1.82) is 0 Å². The highest BCUT2D eigenvalue weighted by Gasteiger charge is 2.25. The van der Waals surface area contributed by atoms with E-state index in [-0.39, 0.29) is 10.8 Å². The summed E-state index contributed by atoms with van der Waals surface area (Å²) in [5.41, 5.74) is 7.45. The van der Waals surface area contributed by atoms with E-state index in [2.05, 4.69) is 106 Å². The van der Waals surface area contributed by atoms with E-state index in [1.54, 1.807) is 0 Å². The first kappa shape index (κ1) is 28.5. The number of hydrogen-bond donors (Lipinski definition) is 1. The van der Waals surface area contributed by atoms with Gasteiger partial charge in [0.2, 0.25) is 0 Å². The zero-order valence-corrected chi connectivity index (χ0v) is 22.4. The summed E-state index contributed by atoms with van der Waals surface area (Å²) >= 11 is 0. The Balaban J connectivity index is 2.69. The second-order valence-corrected chi connectivity index (χ2v) is 11.5. The fraction of sp³-hybridized carbons (Fsp3) is 0.586. The van der Waals surface area contributed by atoms with Gasteiger partial charge in [-0.1, -0.05) is 94.7 Å². The van der Waals surface area contributed by atoms with Gasteiger partial charge in [-0.2, -0.15) is 0 Å². The molecule has 0 fully saturated rings. The molecule has 32 heavy (non-hydrogen) atoms. The van der Waals surface area contributed by atoms with E-state index >= 15 is 0 Å². The summed E-state index contributed by atoms with van der Waals surface area (Å²) in [6.45, 7) is 22.3. The standard InChI is InChI=1S/C29H47BO2/c1-22(2)13-11-14-23(3)15-12-16-24(4)17-18-32-30(31)27-20-25(28(5,6)7)19-26(21-27)29(8,9)10/h13,15,17,19-21,31H,11-12,14,16,18H2,1-10H3. The van der Waals surface area contributed by atoms with Gasteiger partial charge in [-0.25, -0.2) is 0 Å². The Morgan fingerprint density at radius 2 is 1.25 bits per heavy atom. The molecule has 1 N–H and O–H groups in total. The molecule has 0 aliphatic carbocycles. The number of allylic oxidation sites excluding steroid dienone is 5. The first-order chi connectivity index (χ1) is 14.7. The van der Waals surface area contributed by atoms with Crippen molar-refractivity contribution in [3.8, 4) is 0 Å². The maximum absolute atomic E-state index is 10.7. The minimum Gasteiger partial charge on any atom is -0.423 e. The SMILES string of the molecule is CC(C)=CCCC(C)=CCCC(C)=CCOB(O)c1cc(C(C)(C)C)cc(C(C)(C)C)c1. The number of benzene rings is 1. The molecule has 0 spiro atoms. The Morgan fingerprint density at radius 3 is 1.72 bits per heavy atom. The molecule has 178 valence electrons. The van der Waals surface area contributed by atoms with Gasteiger partial charge in [0.15, 0.2) is 0 Å². The molecule has 1 aromatic carbocycles. The molecule has 1 rings (SSSR count). The van der Waals surface area contributed by atoms with Crippen LogP contribution in [0.4, 0.5) is 0 Å². The average molecular weight is 439 g/mol. The van der Waals surface area contributed by atoms with E-state index in [4.69, 9.17) is 4.65 Å². The molecule has 2 nitrogen and oxygen atoms in total. The van der Waals surface area contributed by atoms with Crippen molar-refractivity contribution in [2.75, 3.05) is 6.61 Å². The number of hydrogen-bond acceptors (Lipinski definition) is 2. The highest BCUT2D eigenvalue weighted by molar-refractivity contribution is 6.60. The van der Waals surface area contributed by atoms with E-state index in [1.165, 1.54) is 27.8 Å². The molecular formula is C29H47BO2. The summed E-state index contributed by atoms with van der Waals surface area (Å²) in [5.74, 6) is 0. The molecule has 1 aromatic rings. The maximum atomic E-state index is 10.7. The van der Waals surface area contributed by atoms with Crippen molar-refractivity contribution in [3.63, 3.8) is 0 Å². The third-order valence-electron chi connectivity index (χ3n) is 5.78. The quantitative estimate of drug-likeness (QED) is 0.305.